The minimum atomic E-state index is -0.592. The van der Waals surface area contributed by atoms with E-state index in [0.29, 0.717) is 28.4 Å². The Kier molecular flexibility index (Phi) is 6.97. The molecule has 0 aliphatic heterocycles. The molecule has 0 saturated heterocycles. The second kappa shape index (κ2) is 9.40. The van der Waals surface area contributed by atoms with Crippen LogP contribution >= 0.6 is 0 Å². The number of ketones is 1. The van der Waals surface area contributed by atoms with E-state index in [2.05, 4.69) is 10.6 Å². The molecular weight excluding hydrogens is 364 g/mol. The molecule has 0 bridgehead atoms. The van der Waals surface area contributed by atoms with Crippen LogP contribution in [-0.4, -0.2) is 45.5 Å². The van der Waals surface area contributed by atoms with Gasteiger partial charge in [0, 0.05) is 17.7 Å². The summed E-state index contributed by atoms with van der Waals surface area (Å²) in [6, 6.07) is 9.73. The predicted octanol–water partition coefficient (Wildman–Crippen LogP) is 2.74. The van der Waals surface area contributed by atoms with Crippen LogP contribution in [-0.2, 0) is 9.53 Å². The number of Topliss-reactive ketones (excluding diaryl/α,β-unsaturated/α-hetero) is 1. The van der Waals surface area contributed by atoms with Crippen molar-refractivity contribution in [1.82, 2.24) is 0 Å². The van der Waals surface area contributed by atoms with Crippen molar-refractivity contribution in [3.8, 4) is 11.5 Å². The van der Waals surface area contributed by atoms with Gasteiger partial charge in [0.05, 0.1) is 44.8 Å². The number of rotatable bonds is 8. The van der Waals surface area contributed by atoms with Crippen LogP contribution in [0, 0.1) is 0 Å². The van der Waals surface area contributed by atoms with Crippen LogP contribution in [0.15, 0.2) is 36.4 Å². The van der Waals surface area contributed by atoms with Gasteiger partial charge in [0.25, 0.3) is 0 Å². The average Bonchev–Trinajstić information content (AvgIpc) is 2.71. The highest BCUT2D eigenvalue weighted by Gasteiger charge is 2.18. The molecule has 2 rings (SSSR count). The van der Waals surface area contributed by atoms with E-state index in [4.69, 9.17) is 14.2 Å². The van der Waals surface area contributed by atoms with Crippen LogP contribution in [0.3, 0.4) is 0 Å². The van der Waals surface area contributed by atoms with Crippen molar-refractivity contribution >= 4 is 29.0 Å². The molecule has 0 spiro atoms. The molecule has 2 aromatic rings. The standard InChI is InChI=1S/C20H22N2O6/c1-12(23)13-7-5-6-8-15(13)22-19(24)11-21-16-10-18(27-3)17(26-2)9-14(16)20(25)28-4/h5-10,21H,11H2,1-4H3,(H,22,24). The van der Waals surface area contributed by atoms with Crippen LogP contribution in [0.1, 0.15) is 27.6 Å². The van der Waals surface area contributed by atoms with Crippen LogP contribution in [0.4, 0.5) is 11.4 Å². The van der Waals surface area contributed by atoms with Crippen molar-refractivity contribution in [3.63, 3.8) is 0 Å². The molecule has 0 radical (unpaired) electrons. The highest BCUT2D eigenvalue weighted by molar-refractivity contribution is 6.04. The van der Waals surface area contributed by atoms with Gasteiger partial charge in [-0.2, -0.15) is 0 Å². The number of hydrogen-bond acceptors (Lipinski definition) is 7. The van der Waals surface area contributed by atoms with Crippen molar-refractivity contribution in [3.05, 3.63) is 47.5 Å². The number of para-hydroxylation sites is 1. The summed E-state index contributed by atoms with van der Waals surface area (Å²) in [5.41, 5.74) is 1.37. The maximum Gasteiger partial charge on any atom is 0.340 e. The van der Waals surface area contributed by atoms with E-state index in [1.54, 1.807) is 30.3 Å². The number of methoxy groups -OCH3 is 3. The number of ether oxygens (including phenoxy) is 3. The topological polar surface area (TPSA) is 103 Å². The molecule has 0 unspecified atom stereocenters. The van der Waals surface area contributed by atoms with Gasteiger partial charge in [0.15, 0.2) is 17.3 Å². The molecule has 0 aliphatic rings. The Morgan fingerprint density at radius 1 is 0.893 bits per heavy atom. The fourth-order valence-corrected chi connectivity index (χ4v) is 2.57. The average molecular weight is 386 g/mol. The van der Waals surface area contributed by atoms with Crippen molar-refractivity contribution in [2.24, 2.45) is 0 Å². The van der Waals surface area contributed by atoms with Gasteiger partial charge in [-0.25, -0.2) is 4.79 Å². The third-order valence-electron chi connectivity index (χ3n) is 3.95. The van der Waals surface area contributed by atoms with E-state index < -0.39 is 5.97 Å². The number of carbonyl (C=O) groups is 3. The quantitative estimate of drug-likeness (QED) is 0.531. The lowest BCUT2D eigenvalue weighted by Crippen LogP contribution is -2.23. The molecule has 148 valence electrons. The zero-order valence-electron chi connectivity index (χ0n) is 16.1. The molecule has 8 nitrogen and oxygen atoms in total. The summed E-state index contributed by atoms with van der Waals surface area (Å²) in [6.07, 6.45) is 0. The fourth-order valence-electron chi connectivity index (χ4n) is 2.57. The summed E-state index contributed by atoms with van der Waals surface area (Å²) in [5.74, 6) is -0.393. The summed E-state index contributed by atoms with van der Waals surface area (Å²) in [6.45, 7) is 1.28. The number of anilines is 2. The van der Waals surface area contributed by atoms with Gasteiger partial charge >= 0.3 is 5.97 Å². The summed E-state index contributed by atoms with van der Waals surface area (Å²) >= 11 is 0. The monoisotopic (exact) mass is 386 g/mol. The van der Waals surface area contributed by atoms with Crippen LogP contribution in [0.5, 0.6) is 11.5 Å². The number of esters is 1. The van der Waals surface area contributed by atoms with Crippen molar-refractivity contribution in [2.75, 3.05) is 38.5 Å². The van der Waals surface area contributed by atoms with E-state index in [0.717, 1.165) is 0 Å². The molecule has 28 heavy (non-hydrogen) atoms. The Bertz CT molecular complexity index is 894. The highest BCUT2D eigenvalue weighted by atomic mass is 16.5. The Morgan fingerprint density at radius 3 is 2.14 bits per heavy atom. The summed E-state index contributed by atoms with van der Waals surface area (Å²) in [7, 11) is 4.17. The molecule has 0 aliphatic carbocycles. The minimum absolute atomic E-state index is 0.147. The molecule has 2 N–H and O–H groups in total. The van der Waals surface area contributed by atoms with Crippen molar-refractivity contribution < 1.29 is 28.6 Å². The maximum atomic E-state index is 12.3. The summed E-state index contributed by atoms with van der Waals surface area (Å²) in [5, 5.41) is 5.57. The number of nitrogens with one attached hydrogen (secondary N) is 2. The normalized spacial score (nSPS) is 10.0. The van der Waals surface area contributed by atoms with Gasteiger partial charge in [-0.05, 0) is 19.1 Å². The van der Waals surface area contributed by atoms with E-state index >= 15 is 0 Å². The van der Waals surface area contributed by atoms with Crippen LogP contribution < -0.4 is 20.1 Å². The van der Waals surface area contributed by atoms with Crippen LogP contribution in [0.2, 0.25) is 0 Å². The first-order valence-electron chi connectivity index (χ1n) is 8.39. The molecule has 0 fully saturated rings. The Labute approximate surface area is 162 Å². The van der Waals surface area contributed by atoms with E-state index in [-0.39, 0.29) is 23.8 Å². The molecule has 8 heteroatoms. The second-order valence-electron chi connectivity index (χ2n) is 5.75. The third kappa shape index (κ3) is 4.79. The Hall–Kier alpha value is -3.55. The van der Waals surface area contributed by atoms with Gasteiger partial charge in [0.1, 0.15) is 0 Å². The largest absolute Gasteiger partial charge is 0.493 e. The number of carbonyl (C=O) groups excluding carboxylic acids is 3. The second-order valence-corrected chi connectivity index (χ2v) is 5.75. The molecular formula is C20H22N2O6. The first-order valence-corrected chi connectivity index (χ1v) is 8.39. The lowest BCUT2D eigenvalue weighted by molar-refractivity contribution is -0.114. The summed E-state index contributed by atoms with van der Waals surface area (Å²) < 4.78 is 15.2. The zero-order chi connectivity index (χ0) is 20.7. The van der Waals surface area contributed by atoms with Gasteiger partial charge in [-0.15, -0.1) is 0 Å². The molecule has 0 heterocycles. The number of benzene rings is 2. The first-order chi connectivity index (χ1) is 13.4. The van der Waals surface area contributed by atoms with E-state index in [1.807, 2.05) is 0 Å². The number of amides is 1. The zero-order valence-corrected chi connectivity index (χ0v) is 16.1. The molecule has 1 amide bonds. The van der Waals surface area contributed by atoms with Crippen molar-refractivity contribution in [2.45, 2.75) is 6.92 Å². The third-order valence-corrected chi connectivity index (χ3v) is 3.95. The van der Waals surface area contributed by atoms with Crippen molar-refractivity contribution in [1.29, 1.82) is 0 Å². The molecule has 0 atom stereocenters. The first kappa shape index (κ1) is 20.8. The smallest absolute Gasteiger partial charge is 0.340 e. The minimum Gasteiger partial charge on any atom is -0.493 e. The Balaban J connectivity index is 2.20. The van der Waals surface area contributed by atoms with Gasteiger partial charge < -0.3 is 24.8 Å². The fraction of sp³-hybridized carbons (Fsp3) is 0.250. The lowest BCUT2D eigenvalue weighted by atomic mass is 10.1. The predicted molar refractivity (Wildman–Crippen MR) is 104 cm³/mol. The number of hydrogen-bond donors (Lipinski definition) is 2. The molecule has 0 saturated carbocycles. The van der Waals surface area contributed by atoms with Gasteiger partial charge in [-0.3, -0.25) is 9.59 Å². The van der Waals surface area contributed by atoms with Gasteiger partial charge in [-0.1, -0.05) is 12.1 Å². The van der Waals surface area contributed by atoms with E-state index in [9.17, 15) is 14.4 Å². The molecule has 0 aromatic heterocycles. The van der Waals surface area contributed by atoms with E-state index in [1.165, 1.54) is 34.3 Å². The Morgan fingerprint density at radius 2 is 1.54 bits per heavy atom. The summed E-state index contributed by atoms with van der Waals surface area (Å²) in [4.78, 5) is 36.1. The highest BCUT2D eigenvalue weighted by Crippen LogP contribution is 2.33. The van der Waals surface area contributed by atoms with Gasteiger partial charge in [0.2, 0.25) is 5.91 Å². The van der Waals surface area contributed by atoms with Crippen LogP contribution in [0.25, 0.3) is 0 Å². The lowest BCUT2D eigenvalue weighted by Gasteiger charge is -2.15. The maximum absolute atomic E-state index is 12.3. The molecule has 2 aromatic carbocycles. The SMILES string of the molecule is COC(=O)c1cc(OC)c(OC)cc1NCC(=O)Nc1ccccc1C(C)=O.